The van der Waals surface area contributed by atoms with Crippen molar-refractivity contribution in [3.05, 3.63) is 27.4 Å². The molecule has 2 N–H and O–H groups in total. The second-order valence-electron chi connectivity index (χ2n) is 6.93. The van der Waals surface area contributed by atoms with Crippen LogP contribution in [0.1, 0.15) is 34.6 Å². The lowest BCUT2D eigenvalue weighted by atomic mass is 10.1. The minimum Gasteiger partial charge on any atom is -0.377 e. The van der Waals surface area contributed by atoms with Crippen molar-refractivity contribution in [3.8, 4) is 0 Å². The third-order valence-corrected chi connectivity index (χ3v) is 3.63. The first-order valence-corrected chi connectivity index (χ1v) is 8.29. The quantitative estimate of drug-likeness (QED) is 0.829. The SMILES string of the molecule is CC(C)OCCn1c(=S)[nH]c(=O)c2c1ccn2C(=O)NC(C)(C)C. The number of H-pyrrole nitrogens is 1. The molecule has 24 heavy (non-hydrogen) atoms. The van der Waals surface area contributed by atoms with Crippen LogP contribution in [0.25, 0.3) is 11.0 Å². The molecule has 7 nitrogen and oxygen atoms in total. The Morgan fingerprint density at radius 1 is 1.42 bits per heavy atom. The van der Waals surface area contributed by atoms with Gasteiger partial charge in [0.25, 0.3) is 5.56 Å². The summed E-state index contributed by atoms with van der Waals surface area (Å²) >= 11 is 5.25. The van der Waals surface area contributed by atoms with Crippen molar-refractivity contribution in [2.75, 3.05) is 6.61 Å². The summed E-state index contributed by atoms with van der Waals surface area (Å²) in [5.41, 5.74) is 0.0968. The van der Waals surface area contributed by atoms with E-state index in [1.807, 2.05) is 34.6 Å². The minimum absolute atomic E-state index is 0.111. The topological polar surface area (TPSA) is 81.0 Å². The van der Waals surface area contributed by atoms with Gasteiger partial charge in [-0.3, -0.25) is 14.3 Å². The number of hydrogen-bond acceptors (Lipinski definition) is 4. The summed E-state index contributed by atoms with van der Waals surface area (Å²) in [4.78, 5) is 27.4. The molecule has 8 heteroatoms. The molecule has 2 rings (SSSR count). The molecule has 0 aliphatic carbocycles. The number of aromatic amines is 1. The van der Waals surface area contributed by atoms with Gasteiger partial charge < -0.3 is 14.6 Å². The first-order valence-electron chi connectivity index (χ1n) is 7.88. The number of nitrogens with one attached hydrogen (secondary N) is 2. The van der Waals surface area contributed by atoms with Crippen molar-refractivity contribution in [1.29, 1.82) is 0 Å². The van der Waals surface area contributed by atoms with Crippen molar-refractivity contribution in [1.82, 2.24) is 19.4 Å². The van der Waals surface area contributed by atoms with Crippen molar-refractivity contribution in [3.63, 3.8) is 0 Å². The molecule has 2 aromatic heterocycles. The van der Waals surface area contributed by atoms with Gasteiger partial charge in [-0.05, 0) is 52.9 Å². The maximum atomic E-state index is 12.4. The van der Waals surface area contributed by atoms with Crippen LogP contribution < -0.4 is 10.9 Å². The molecule has 0 atom stereocenters. The zero-order valence-electron chi connectivity index (χ0n) is 14.7. The molecule has 0 unspecified atom stereocenters. The van der Waals surface area contributed by atoms with Crippen LogP contribution in [0.4, 0.5) is 4.79 Å². The number of ether oxygens (including phenoxy) is 1. The molecule has 2 aromatic rings. The Morgan fingerprint density at radius 3 is 2.67 bits per heavy atom. The Bertz CT molecular complexity index is 855. The van der Waals surface area contributed by atoms with Crippen LogP contribution in [0.5, 0.6) is 0 Å². The van der Waals surface area contributed by atoms with Crippen molar-refractivity contribution < 1.29 is 9.53 Å². The molecule has 0 saturated heterocycles. The van der Waals surface area contributed by atoms with E-state index in [0.717, 1.165) is 0 Å². The second-order valence-corrected chi connectivity index (χ2v) is 7.32. The van der Waals surface area contributed by atoms with Gasteiger partial charge >= 0.3 is 6.03 Å². The Morgan fingerprint density at radius 2 is 2.08 bits per heavy atom. The summed E-state index contributed by atoms with van der Waals surface area (Å²) < 4.78 is 8.96. The van der Waals surface area contributed by atoms with Gasteiger partial charge in [0, 0.05) is 18.3 Å². The lowest BCUT2D eigenvalue weighted by Crippen LogP contribution is -2.43. The maximum absolute atomic E-state index is 12.4. The lowest BCUT2D eigenvalue weighted by Gasteiger charge is -2.20. The van der Waals surface area contributed by atoms with Crippen molar-refractivity contribution >= 4 is 29.3 Å². The second kappa shape index (κ2) is 6.90. The molecular formula is C16H24N4O3S. The van der Waals surface area contributed by atoms with Gasteiger partial charge in [0.05, 0.1) is 18.2 Å². The number of fused-ring (bicyclic) bond motifs is 1. The predicted molar refractivity (Wildman–Crippen MR) is 96.2 cm³/mol. The standard InChI is InChI=1S/C16H24N4O3S/c1-10(2)23-9-8-19-11-6-7-20(14(22)18-16(3,4)5)12(11)13(21)17-15(19)24/h6-7,10H,8-9H2,1-5H3,(H,18,22)(H,17,21,24). The molecule has 2 heterocycles. The van der Waals surface area contributed by atoms with Gasteiger partial charge in [-0.15, -0.1) is 0 Å². The highest BCUT2D eigenvalue weighted by atomic mass is 32.1. The molecule has 0 saturated carbocycles. The van der Waals surface area contributed by atoms with Gasteiger partial charge in [0.2, 0.25) is 0 Å². The van der Waals surface area contributed by atoms with E-state index < -0.39 is 5.54 Å². The Kier molecular flexibility index (Phi) is 5.29. The van der Waals surface area contributed by atoms with Gasteiger partial charge in [-0.1, -0.05) is 0 Å². The van der Waals surface area contributed by atoms with Crippen molar-refractivity contribution in [2.24, 2.45) is 0 Å². The molecule has 0 fully saturated rings. The van der Waals surface area contributed by atoms with E-state index in [2.05, 4.69) is 10.3 Å². The van der Waals surface area contributed by atoms with Gasteiger partial charge in [-0.2, -0.15) is 0 Å². The van der Waals surface area contributed by atoms with Crippen LogP contribution >= 0.6 is 12.2 Å². The number of carbonyl (C=O) groups is 1. The Labute approximate surface area is 145 Å². The molecule has 0 aromatic carbocycles. The van der Waals surface area contributed by atoms with Crippen LogP contribution in [-0.2, 0) is 11.3 Å². The average molecular weight is 352 g/mol. The van der Waals surface area contributed by atoms with Gasteiger partial charge in [0.15, 0.2) is 4.77 Å². The predicted octanol–water partition coefficient (Wildman–Crippen LogP) is 2.64. The zero-order chi connectivity index (χ0) is 18.1. The van der Waals surface area contributed by atoms with E-state index in [4.69, 9.17) is 17.0 Å². The highest BCUT2D eigenvalue weighted by Gasteiger charge is 2.19. The van der Waals surface area contributed by atoms with E-state index in [1.54, 1.807) is 16.8 Å². The van der Waals surface area contributed by atoms with Crippen LogP contribution in [0.2, 0.25) is 0 Å². The molecule has 0 aliphatic rings. The number of nitrogens with zero attached hydrogens (tertiary/aromatic N) is 2. The summed E-state index contributed by atoms with van der Waals surface area (Å²) in [5, 5.41) is 2.84. The Hall–Kier alpha value is -1.93. The summed E-state index contributed by atoms with van der Waals surface area (Å²) in [6.07, 6.45) is 1.69. The monoisotopic (exact) mass is 352 g/mol. The fourth-order valence-electron chi connectivity index (χ4n) is 2.35. The number of aromatic nitrogens is 3. The van der Waals surface area contributed by atoms with Gasteiger partial charge in [0.1, 0.15) is 5.52 Å². The highest BCUT2D eigenvalue weighted by Crippen LogP contribution is 2.13. The Balaban J connectivity index is 2.46. The van der Waals surface area contributed by atoms with E-state index in [0.29, 0.717) is 23.4 Å². The average Bonchev–Trinajstić information content (AvgIpc) is 2.85. The third-order valence-electron chi connectivity index (χ3n) is 3.30. The summed E-state index contributed by atoms with van der Waals surface area (Å²) in [6.45, 7) is 10.5. The fraction of sp³-hybridized carbons (Fsp3) is 0.562. The fourth-order valence-corrected chi connectivity index (χ4v) is 2.63. The van der Waals surface area contributed by atoms with Crippen LogP contribution in [-0.4, -0.2) is 38.4 Å². The van der Waals surface area contributed by atoms with Crippen LogP contribution in [0.15, 0.2) is 17.1 Å². The van der Waals surface area contributed by atoms with E-state index in [-0.39, 0.29) is 23.2 Å². The zero-order valence-corrected chi connectivity index (χ0v) is 15.5. The van der Waals surface area contributed by atoms with E-state index in [1.165, 1.54) is 4.57 Å². The largest absolute Gasteiger partial charge is 0.377 e. The number of hydrogen-bond donors (Lipinski definition) is 2. The molecule has 0 aliphatic heterocycles. The molecule has 0 spiro atoms. The normalized spacial score (nSPS) is 12.1. The van der Waals surface area contributed by atoms with Gasteiger partial charge in [-0.25, -0.2) is 4.79 Å². The maximum Gasteiger partial charge on any atom is 0.326 e. The van der Waals surface area contributed by atoms with Crippen LogP contribution in [0, 0.1) is 4.77 Å². The third kappa shape index (κ3) is 4.12. The van der Waals surface area contributed by atoms with Crippen molar-refractivity contribution in [2.45, 2.75) is 52.8 Å². The smallest absolute Gasteiger partial charge is 0.326 e. The van der Waals surface area contributed by atoms with E-state index >= 15 is 0 Å². The first kappa shape index (κ1) is 18.4. The first-order chi connectivity index (χ1) is 11.1. The lowest BCUT2D eigenvalue weighted by molar-refractivity contribution is 0.0729. The minimum atomic E-state index is -0.403. The number of amides is 1. The molecular weight excluding hydrogens is 328 g/mol. The molecule has 132 valence electrons. The number of rotatable bonds is 4. The molecule has 0 radical (unpaired) electrons. The molecule has 1 amide bonds. The highest BCUT2D eigenvalue weighted by molar-refractivity contribution is 7.71. The summed E-state index contributed by atoms with van der Waals surface area (Å²) in [7, 11) is 0. The van der Waals surface area contributed by atoms with E-state index in [9.17, 15) is 9.59 Å². The molecule has 0 bridgehead atoms. The summed E-state index contributed by atoms with van der Waals surface area (Å²) in [5.74, 6) is 0. The number of carbonyl (C=O) groups excluding carboxylic acids is 1. The summed E-state index contributed by atoms with van der Waals surface area (Å²) in [6, 6.07) is 1.36. The van der Waals surface area contributed by atoms with Crippen LogP contribution in [0.3, 0.4) is 0 Å².